The lowest BCUT2D eigenvalue weighted by atomic mass is 9.95. The lowest BCUT2D eigenvalue weighted by molar-refractivity contribution is 0.0162. The minimum Gasteiger partial charge on any atom is -0.444 e. The number of carbonyl (C=O) groups excluding carboxylic acids is 1. The van der Waals surface area contributed by atoms with Gasteiger partial charge in [-0.25, -0.2) is 4.79 Å². The van der Waals surface area contributed by atoms with Gasteiger partial charge in [0.05, 0.1) is 5.51 Å². The molecule has 1 saturated heterocycles. The van der Waals surface area contributed by atoms with Crippen molar-refractivity contribution in [2.24, 2.45) is 5.92 Å². The van der Waals surface area contributed by atoms with E-state index in [4.69, 9.17) is 4.74 Å². The number of likely N-dealkylation sites (tertiary alicyclic amines) is 1. The van der Waals surface area contributed by atoms with Gasteiger partial charge < -0.3 is 15.0 Å². The number of piperidine rings is 1. The van der Waals surface area contributed by atoms with Gasteiger partial charge >= 0.3 is 6.09 Å². The maximum Gasteiger partial charge on any atom is 0.410 e. The maximum absolute atomic E-state index is 12.1. The third-order valence-electron chi connectivity index (χ3n) is 3.68. The summed E-state index contributed by atoms with van der Waals surface area (Å²) in [6.07, 6.45) is 5.09. The second-order valence-corrected chi connectivity index (χ2v) is 7.84. The van der Waals surface area contributed by atoms with Crippen molar-refractivity contribution in [2.45, 2.75) is 52.2 Å². The Morgan fingerprint density at radius 3 is 3.05 bits per heavy atom. The van der Waals surface area contributed by atoms with Crippen LogP contribution in [0, 0.1) is 5.92 Å². The number of rotatable bonds is 5. The Morgan fingerprint density at radius 2 is 2.36 bits per heavy atom. The molecule has 2 heterocycles. The zero-order valence-electron chi connectivity index (χ0n) is 13.8. The highest BCUT2D eigenvalue weighted by molar-refractivity contribution is 7.09. The van der Waals surface area contributed by atoms with Gasteiger partial charge in [0.15, 0.2) is 0 Å². The zero-order valence-corrected chi connectivity index (χ0v) is 14.6. The summed E-state index contributed by atoms with van der Waals surface area (Å²) in [5.41, 5.74) is 1.44. The van der Waals surface area contributed by atoms with Gasteiger partial charge in [0, 0.05) is 30.7 Å². The molecule has 2 rings (SSSR count). The van der Waals surface area contributed by atoms with Crippen LogP contribution in [0.4, 0.5) is 4.79 Å². The van der Waals surface area contributed by atoms with Gasteiger partial charge in [-0.05, 0) is 52.5 Å². The van der Waals surface area contributed by atoms with Crippen molar-refractivity contribution < 1.29 is 9.53 Å². The van der Waals surface area contributed by atoms with E-state index in [-0.39, 0.29) is 6.09 Å². The molecule has 0 aromatic carbocycles. The Kier molecular flexibility index (Phi) is 6.20. The first-order valence-electron chi connectivity index (χ1n) is 8.00. The lowest BCUT2D eigenvalue weighted by Gasteiger charge is -2.34. The van der Waals surface area contributed by atoms with Crippen LogP contribution in [0.25, 0.3) is 0 Å². The van der Waals surface area contributed by atoms with E-state index in [1.807, 2.05) is 37.4 Å². The minimum absolute atomic E-state index is 0.171. The predicted molar refractivity (Wildman–Crippen MR) is 89.0 cm³/mol. The standard InChI is InChI=1S/C16H27N3O2S/c1-16(2,3)21-15(20)19-8-4-5-13(11-19)6-7-17-9-14-10-18-12-22-14/h10,12-13,17H,4-9,11H2,1-3H3. The first-order valence-corrected chi connectivity index (χ1v) is 8.88. The van der Waals surface area contributed by atoms with E-state index in [0.717, 1.165) is 39.0 Å². The fourth-order valence-corrected chi connectivity index (χ4v) is 3.20. The Hall–Kier alpha value is -1.14. The summed E-state index contributed by atoms with van der Waals surface area (Å²) in [6, 6.07) is 0. The van der Waals surface area contributed by atoms with Crippen LogP contribution in [0.1, 0.15) is 44.9 Å². The summed E-state index contributed by atoms with van der Waals surface area (Å²) in [7, 11) is 0. The Labute approximate surface area is 137 Å². The van der Waals surface area contributed by atoms with E-state index in [2.05, 4.69) is 10.3 Å². The minimum atomic E-state index is -0.416. The molecule has 1 fully saturated rings. The monoisotopic (exact) mass is 325 g/mol. The summed E-state index contributed by atoms with van der Waals surface area (Å²) in [4.78, 5) is 19.3. The molecule has 22 heavy (non-hydrogen) atoms. The van der Waals surface area contributed by atoms with Crippen molar-refractivity contribution >= 4 is 17.4 Å². The van der Waals surface area contributed by atoms with E-state index in [1.54, 1.807) is 11.3 Å². The Morgan fingerprint density at radius 1 is 1.55 bits per heavy atom. The number of aromatic nitrogens is 1. The normalized spacial score (nSPS) is 19.2. The molecule has 0 spiro atoms. The summed E-state index contributed by atoms with van der Waals surface area (Å²) >= 11 is 1.68. The van der Waals surface area contributed by atoms with E-state index in [1.165, 1.54) is 11.3 Å². The molecule has 1 amide bonds. The molecule has 1 N–H and O–H groups in total. The lowest BCUT2D eigenvalue weighted by Crippen LogP contribution is -2.43. The number of amides is 1. The van der Waals surface area contributed by atoms with Crippen molar-refractivity contribution in [2.75, 3.05) is 19.6 Å². The van der Waals surface area contributed by atoms with Crippen LogP contribution >= 0.6 is 11.3 Å². The second-order valence-electron chi connectivity index (χ2n) is 6.87. The molecule has 5 nitrogen and oxygen atoms in total. The molecule has 1 aromatic heterocycles. The summed E-state index contributed by atoms with van der Waals surface area (Å²) < 4.78 is 5.47. The van der Waals surface area contributed by atoms with E-state index < -0.39 is 5.60 Å². The Bertz CT molecular complexity index is 456. The van der Waals surface area contributed by atoms with Crippen LogP contribution in [-0.4, -0.2) is 41.2 Å². The third-order valence-corrected chi connectivity index (χ3v) is 4.46. The highest BCUT2D eigenvalue weighted by atomic mass is 32.1. The average molecular weight is 325 g/mol. The molecular formula is C16H27N3O2S. The molecule has 0 aliphatic carbocycles. The highest BCUT2D eigenvalue weighted by Gasteiger charge is 2.27. The van der Waals surface area contributed by atoms with Crippen LogP contribution in [0.15, 0.2) is 11.7 Å². The maximum atomic E-state index is 12.1. The molecule has 6 heteroatoms. The number of hydrogen-bond donors (Lipinski definition) is 1. The smallest absolute Gasteiger partial charge is 0.410 e. The largest absolute Gasteiger partial charge is 0.444 e. The number of carbonyl (C=O) groups is 1. The molecule has 1 atom stereocenters. The number of nitrogens with zero attached hydrogens (tertiary/aromatic N) is 2. The van der Waals surface area contributed by atoms with Crippen molar-refractivity contribution in [3.05, 3.63) is 16.6 Å². The molecule has 1 aromatic rings. The van der Waals surface area contributed by atoms with Crippen molar-refractivity contribution in [3.8, 4) is 0 Å². The van der Waals surface area contributed by atoms with Crippen LogP contribution in [0.2, 0.25) is 0 Å². The van der Waals surface area contributed by atoms with E-state index in [0.29, 0.717) is 5.92 Å². The number of nitrogens with one attached hydrogen (secondary N) is 1. The number of hydrogen-bond acceptors (Lipinski definition) is 5. The van der Waals surface area contributed by atoms with Crippen LogP contribution in [0.5, 0.6) is 0 Å². The van der Waals surface area contributed by atoms with E-state index in [9.17, 15) is 4.79 Å². The number of thiazole rings is 1. The molecule has 124 valence electrons. The van der Waals surface area contributed by atoms with Crippen molar-refractivity contribution in [3.63, 3.8) is 0 Å². The van der Waals surface area contributed by atoms with Gasteiger partial charge in [0.25, 0.3) is 0 Å². The fourth-order valence-electron chi connectivity index (χ4n) is 2.64. The molecule has 0 radical (unpaired) electrons. The summed E-state index contributed by atoms with van der Waals surface area (Å²) in [5, 5.41) is 3.45. The van der Waals surface area contributed by atoms with Crippen molar-refractivity contribution in [1.29, 1.82) is 0 Å². The first kappa shape index (κ1) is 17.2. The van der Waals surface area contributed by atoms with Crippen LogP contribution in [0.3, 0.4) is 0 Å². The predicted octanol–water partition coefficient (Wildman–Crippen LogP) is 3.27. The van der Waals surface area contributed by atoms with Gasteiger partial charge in [-0.1, -0.05) is 0 Å². The highest BCUT2D eigenvalue weighted by Crippen LogP contribution is 2.21. The molecule has 1 aliphatic heterocycles. The molecule has 0 bridgehead atoms. The van der Waals surface area contributed by atoms with Gasteiger partial charge in [-0.3, -0.25) is 4.98 Å². The molecule has 1 aliphatic rings. The van der Waals surface area contributed by atoms with Gasteiger partial charge in [0.1, 0.15) is 5.60 Å². The van der Waals surface area contributed by atoms with Crippen molar-refractivity contribution in [1.82, 2.24) is 15.2 Å². The van der Waals surface area contributed by atoms with Crippen LogP contribution < -0.4 is 5.32 Å². The molecule has 1 unspecified atom stereocenters. The van der Waals surface area contributed by atoms with Gasteiger partial charge in [0.2, 0.25) is 0 Å². The summed E-state index contributed by atoms with van der Waals surface area (Å²) in [6.45, 7) is 9.23. The molecule has 0 saturated carbocycles. The Balaban J connectivity index is 1.68. The van der Waals surface area contributed by atoms with Gasteiger partial charge in [-0.2, -0.15) is 0 Å². The second kappa shape index (κ2) is 7.92. The topological polar surface area (TPSA) is 54.5 Å². The van der Waals surface area contributed by atoms with E-state index >= 15 is 0 Å². The first-order chi connectivity index (χ1) is 10.4. The number of ether oxygens (including phenoxy) is 1. The fraction of sp³-hybridized carbons (Fsp3) is 0.750. The van der Waals surface area contributed by atoms with Crippen LogP contribution in [-0.2, 0) is 11.3 Å². The molecular weight excluding hydrogens is 298 g/mol. The van der Waals surface area contributed by atoms with Gasteiger partial charge in [-0.15, -0.1) is 11.3 Å². The SMILES string of the molecule is CC(C)(C)OC(=O)N1CCCC(CCNCc2cncs2)C1. The average Bonchev–Trinajstić information content (AvgIpc) is 2.95. The zero-order chi connectivity index (χ0) is 16.0. The summed E-state index contributed by atoms with van der Waals surface area (Å²) in [5.74, 6) is 0.565. The quantitative estimate of drug-likeness (QED) is 0.844. The third kappa shape index (κ3) is 5.93.